The van der Waals surface area contributed by atoms with E-state index in [-0.39, 0.29) is 5.97 Å². The normalized spacial score (nSPS) is 10.3. The van der Waals surface area contributed by atoms with E-state index < -0.39 is 0 Å². The second-order valence-corrected chi connectivity index (χ2v) is 5.20. The number of hydrogen-bond acceptors (Lipinski definition) is 7. The fourth-order valence-electron chi connectivity index (χ4n) is 1.31. The maximum Gasteiger partial charge on any atom is 0.357 e. The van der Waals surface area contributed by atoms with Gasteiger partial charge in [0, 0.05) is 29.9 Å². The molecule has 2 rings (SSSR count). The summed E-state index contributed by atoms with van der Waals surface area (Å²) >= 11 is 3.03. The number of carbonyl (C=O) groups excluding carboxylic acids is 1. The number of nitrogens with one attached hydrogen (secondary N) is 1. The maximum absolute atomic E-state index is 11.4. The summed E-state index contributed by atoms with van der Waals surface area (Å²) in [5, 5.41) is 8.64. The first-order valence-corrected chi connectivity index (χ1v) is 7.30. The van der Waals surface area contributed by atoms with Crippen LogP contribution >= 0.6 is 22.7 Å². The van der Waals surface area contributed by atoms with Gasteiger partial charge >= 0.3 is 5.97 Å². The van der Waals surface area contributed by atoms with Gasteiger partial charge in [0.2, 0.25) is 0 Å². The lowest BCUT2D eigenvalue weighted by molar-refractivity contribution is 0.0520. The first kappa shape index (κ1) is 13.0. The molecule has 0 aliphatic carbocycles. The summed E-state index contributed by atoms with van der Waals surface area (Å²) in [6.07, 6.45) is 2.65. The van der Waals surface area contributed by atoms with Crippen molar-refractivity contribution in [2.24, 2.45) is 0 Å². The first-order valence-electron chi connectivity index (χ1n) is 5.54. The van der Waals surface area contributed by atoms with Crippen LogP contribution in [-0.2, 0) is 11.2 Å². The molecule has 2 heterocycles. The van der Waals surface area contributed by atoms with Gasteiger partial charge in [-0.1, -0.05) is 0 Å². The standard InChI is InChI=1S/C11H13N3O2S2/c1-2-16-10(15)8-7-18-11(14-8)13-4-3-9-12-5-6-17-9/h5-7H,2-4H2,1H3,(H,13,14). The van der Waals surface area contributed by atoms with Gasteiger partial charge in [-0.15, -0.1) is 22.7 Å². The number of rotatable bonds is 6. The van der Waals surface area contributed by atoms with Crippen LogP contribution in [-0.4, -0.2) is 29.1 Å². The average Bonchev–Trinajstić information content (AvgIpc) is 3.00. The molecule has 0 aliphatic heterocycles. The Kier molecular flexibility index (Phi) is 4.66. The molecule has 0 amide bonds. The summed E-state index contributed by atoms with van der Waals surface area (Å²) in [5.41, 5.74) is 0.360. The molecule has 0 saturated heterocycles. The fourth-order valence-corrected chi connectivity index (χ4v) is 2.64. The molecule has 1 N–H and O–H groups in total. The third-order valence-corrected chi connectivity index (χ3v) is 3.73. The van der Waals surface area contributed by atoms with Crippen LogP contribution < -0.4 is 5.32 Å². The summed E-state index contributed by atoms with van der Waals surface area (Å²) in [6, 6.07) is 0. The topological polar surface area (TPSA) is 64.1 Å². The van der Waals surface area contributed by atoms with Crippen molar-refractivity contribution >= 4 is 33.8 Å². The van der Waals surface area contributed by atoms with Gasteiger partial charge in [0.25, 0.3) is 0 Å². The van der Waals surface area contributed by atoms with Crippen molar-refractivity contribution in [3.05, 3.63) is 27.7 Å². The highest BCUT2D eigenvalue weighted by atomic mass is 32.1. The molecule has 0 fully saturated rings. The van der Waals surface area contributed by atoms with Gasteiger partial charge in [-0.05, 0) is 6.92 Å². The Bertz CT molecular complexity index is 496. The second kappa shape index (κ2) is 6.46. The van der Waals surface area contributed by atoms with E-state index in [1.54, 1.807) is 29.8 Å². The van der Waals surface area contributed by atoms with Crippen molar-refractivity contribution < 1.29 is 9.53 Å². The van der Waals surface area contributed by atoms with Gasteiger partial charge in [0.15, 0.2) is 10.8 Å². The first-order chi connectivity index (χ1) is 8.79. The van der Waals surface area contributed by atoms with Crippen molar-refractivity contribution in [3.8, 4) is 0 Å². The third kappa shape index (κ3) is 3.51. The Morgan fingerprint density at radius 3 is 3.11 bits per heavy atom. The van der Waals surface area contributed by atoms with Crippen molar-refractivity contribution in [2.45, 2.75) is 13.3 Å². The van der Waals surface area contributed by atoms with Crippen LogP contribution in [0.2, 0.25) is 0 Å². The van der Waals surface area contributed by atoms with Crippen molar-refractivity contribution in [1.82, 2.24) is 9.97 Å². The molecule has 0 atom stereocenters. The minimum Gasteiger partial charge on any atom is -0.461 e. The van der Waals surface area contributed by atoms with Crippen molar-refractivity contribution in [3.63, 3.8) is 0 Å². The Labute approximate surface area is 113 Å². The molecule has 2 aromatic rings. The van der Waals surface area contributed by atoms with E-state index >= 15 is 0 Å². The molecule has 0 spiro atoms. The maximum atomic E-state index is 11.4. The SMILES string of the molecule is CCOC(=O)c1csc(NCCc2nccs2)n1. The van der Waals surface area contributed by atoms with Gasteiger partial charge in [0.05, 0.1) is 11.6 Å². The minimum absolute atomic E-state index is 0.360. The van der Waals surface area contributed by atoms with Crippen LogP contribution in [0.1, 0.15) is 22.4 Å². The fraction of sp³-hybridized carbons (Fsp3) is 0.364. The average molecular weight is 283 g/mol. The minimum atomic E-state index is -0.373. The molecule has 0 bridgehead atoms. The number of nitrogens with zero attached hydrogens (tertiary/aromatic N) is 2. The van der Waals surface area contributed by atoms with Crippen LogP contribution in [0.5, 0.6) is 0 Å². The second-order valence-electron chi connectivity index (χ2n) is 3.36. The summed E-state index contributed by atoms with van der Waals surface area (Å²) < 4.78 is 4.87. The number of anilines is 1. The molecular weight excluding hydrogens is 270 g/mol. The lowest BCUT2D eigenvalue weighted by Crippen LogP contribution is -2.07. The Morgan fingerprint density at radius 2 is 2.39 bits per heavy atom. The van der Waals surface area contributed by atoms with Crippen LogP contribution in [0.4, 0.5) is 5.13 Å². The van der Waals surface area contributed by atoms with Crippen LogP contribution in [0.15, 0.2) is 17.0 Å². The van der Waals surface area contributed by atoms with Gasteiger partial charge in [-0.3, -0.25) is 0 Å². The van der Waals surface area contributed by atoms with E-state index in [1.807, 2.05) is 5.38 Å². The lowest BCUT2D eigenvalue weighted by atomic mass is 10.4. The number of hydrogen-bond donors (Lipinski definition) is 1. The highest BCUT2D eigenvalue weighted by Gasteiger charge is 2.11. The highest BCUT2D eigenvalue weighted by molar-refractivity contribution is 7.13. The van der Waals surface area contributed by atoms with E-state index in [1.165, 1.54) is 11.3 Å². The smallest absolute Gasteiger partial charge is 0.357 e. The van der Waals surface area contributed by atoms with Crippen LogP contribution in [0.3, 0.4) is 0 Å². The quantitative estimate of drug-likeness (QED) is 0.825. The molecule has 18 heavy (non-hydrogen) atoms. The molecular formula is C11H13N3O2S2. The van der Waals surface area contributed by atoms with Crippen molar-refractivity contribution in [1.29, 1.82) is 0 Å². The summed E-state index contributed by atoms with van der Waals surface area (Å²) in [5.74, 6) is -0.373. The zero-order valence-corrected chi connectivity index (χ0v) is 11.5. The van der Waals surface area contributed by atoms with E-state index in [4.69, 9.17) is 4.74 Å². The van der Waals surface area contributed by atoms with Crippen molar-refractivity contribution in [2.75, 3.05) is 18.5 Å². The molecule has 7 heteroatoms. The van der Waals surface area contributed by atoms with E-state index in [0.29, 0.717) is 12.3 Å². The third-order valence-electron chi connectivity index (χ3n) is 2.09. The Hall–Kier alpha value is -1.47. The van der Waals surface area contributed by atoms with E-state index in [9.17, 15) is 4.79 Å². The Morgan fingerprint density at radius 1 is 1.50 bits per heavy atom. The lowest BCUT2D eigenvalue weighted by Gasteiger charge is -1.99. The number of carbonyl (C=O) groups is 1. The summed E-state index contributed by atoms with van der Waals surface area (Å²) in [4.78, 5) is 19.8. The Balaban J connectivity index is 1.81. The van der Waals surface area contributed by atoms with E-state index in [2.05, 4.69) is 15.3 Å². The van der Waals surface area contributed by atoms with Crippen LogP contribution in [0, 0.1) is 0 Å². The highest BCUT2D eigenvalue weighted by Crippen LogP contribution is 2.16. The molecule has 0 saturated carbocycles. The van der Waals surface area contributed by atoms with E-state index in [0.717, 1.165) is 23.1 Å². The predicted molar refractivity (Wildman–Crippen MR) is 72.4 cm³/mol. The van der Waals surface area contributed by atoms with Crippen LogP contribution in [0.25, 0.3) is 0 Å². The molecule has 5 nitrogen and oxygen atoms in total. The van der Waals surface area contributed by atoms with Gasteiger partial charge < -0.3 is 10.1 Å². The largest absolute Gasteiger partial charge is 0.461 e. The molecule has 0 radical (unpaired) electrons. The molecule has 0 aliphatic rings. The number of ether oxygens (including phenoxy) is 1. The molecule has 0 aromatic carbocycles. The summed E-state index contributed by atoms with van der Waals surface area (Å²) in [7, 11) is 0. The monoisotopic (exact) mass is 283 g/mol. The molecule has 0 unspecified atom stereocenters. The van der Waals surface area contributed by atoms with Gasteiger partial charge in [0.1, 0.15) is 0 Å². The zero-order valence-electron chi connectivity index (χ0n) is 9.88. The molecule has 96 valence electrons. The summed E-state index contributed by atoms with van der Waals surface area (Å²) in [6.45, 7) is 2.89. The number of esters is 1. The van der Waals surface area contributed by atoms with Gasteiger partial charge in [-0.2, -0.15) is 0 Å². The predicted octanol–water partition coefficient (Wildman–Crippen LogP) is 2.43. The number of aromatic nitrogens is 2. The van der Waals surface area contributed by atoms with Gasteiger partial charge in [-0.25, -0.2) is 14.8 Å². The zero-order chi connectivity index (χ0) is 12.8. The number of thiazole rings is 2. The molecule has 2 aromatic heterocycles.